The predicted octanol–water partition coefficient (Wildman–Crippen LogP) is 2.12. The molecule has 21 heavy (non-hydrogen) atoms. The maximum atomic E-state index is 12.1. The van der Waals surface area contributed by atoms with Crippen molar-refractivity contribution in [1.29, 1.82) is 0 Å². The van der Waals surface area contributed by atoms with E-state index in [9.17, 15) is 9.59 Å². The molecule has 0 fully saturated rings. The number of aromatic amines is 1. The summed E-state index contributed by atoms with van der Waals surface area (Å²) in [6, 6.07) is 0. The number of rotatable bonds is 7. The van der Waals surface area contributed by atoms with Crippen molar-refractivity contribution in [1.82, 2.24) is 19.1 Å². The molecule has 0 radical (unpaired) electrons. The van der Waals surface area contributed by atoms with E-state index in [0.717, 1.165) is 24.5 Å². The summed E-state index contributed by atoms with van der Waals surface area (Å²) in [6.07, 6.45) is 7.76. The highest BCUT2D eigenvalue weighted by Crippen LogP contribution is 2.20. The standard InChI is InChI=1S/C14H22N4O2S/c1-4-5-6-7-8-9-18-10-11(15-14(18)21-3)17(2)13(20)16-12(10)19/h4-9H2,1-3H3,(H,16,19,20). The van der Waals surface area contributed by atoms with Crippen molar-refractivity contribution >= 4 is 22.9 Å². The number of thioether (sulfide) groups is 1. The van der Waals surface area contributed by atoms with Crippen LogP contribution in [0.4, 0.5) is 0 Å². The molecular formula is C14H22N4O2S. The van der Waals surface area contributed by atoms with Gasteiger partial charge in [0.1, 0.15) is 0 Å². The molecule has 0 aliphatic carbocycles. The fourth-order valence-electron chi connectivity index (χ4n) is 2.45. The van der Waals surface area contributed by atoms with Crippen LogP contribution in [0, 0.1) is 0 Å². The molecular weight excluding hydrogens is 288 g/mol. The first-order chi connectivity index (χ1) is 10.1. The van der Waals surface area contributed by atoms with Crippen molar-refractivity contribution in [3.63, 3.8) is 0 Å². The fourth-order valence-corrected chi connectivity index (χ4v) is 3.03. The Balaban J connectivity index is 2.35. The molecule has 116 valence electrons. The topological polar surface area (TPSA) is 72.7 Å². The third-order valence-electron chi connectivity index (χ3n) is 3.64. The van der Waals surface area contributed by atoms with Gasteiger partial charge in [0.15, 0.2) is 16.3 Å². The second-order valence-electron chi connectivity index (χ2n) is 5.15. The van der Waals surface area contributed by atoms with Crippen LogP contribution in [0.1, 0.15) is 39.0 Å². The van der Waals surface area contributed by atoms with Gasteiger partial charge in [-0.25, -0.2) is 9.78 Å². The van der Waals surface area contributed by atoms with Crippen molar-refractivity contribution in [3.05, 3.63) is 20.8 Å². The van der Waals surface area contributed by atoms with Crippen LogP contribution in [0.5, 0.6) is 0 Å². The molecule has 0 spiro atoms. The molecule has 0 unspecified atom stereocenters. The van der Waals surface area contributed by atoms with Gasteiger partial charge in [-0.1, -0.05) is 44.4 Å². The highest BCUT2D eigenvalue weighted by Gasteiger charge is 2.16. The van der Waals surface area contributed by atoms with E-state index in [0.29, 0.717) is 11.2 Å². The molecule has 0 bridgehead atoms. The number of hydrogen-bond acceptors (Lipinski definition) is 4. The molecule has 1 N–H and O–H groups in total. The quantitative estimate of drug-likeness (QED) is 0.628. The van der Waals surface area contributed by atoms with Gasteiger partial charge in [-0.2, -0.15) is 0 Å². The van der Waals surface area contributed by atoms with Crippen molar-refractivity contribution in [3.8, 4) is 0 Å². The molecule has 0 amide bonds. The lowest BCUT2D eigenvalue weighted by atomic mass is 10.1. The summed E-state index contributed by atoms with van der Waals surface area (Å²) in [5.41, 5.74) is 0.181. The normalized spacial score (nSPS) is 11.4. The molecule has 7 heteroatoms. The zero-order valence-corrected chi connectivity index (χ0v) is 13.6. The van der Waals surface area contributed by atoms with Gasteiger partial charge in [0.05, 0.1) is 0 Å². The molecule has 0 saturated heterocycles. The molecule has 2 aromatic heterocycles. The Bertz CT molecular complexity index is 729. The summed E-state index contributed by atoms with van der Waals surface area (Å²) < 4.78 is 3.33. The SMILES string of the molecule is CCCCCCCn1c(SC)nc2c1c(=O)[nH]c(=O)n2C. The average Bonchev–Trinajstić information content (AvgIpc) is 2.84. The molecule has 0 aliphatic heterocycles. The molecule has 2 aromatic rings. The summed E-state index contributed by atoms with van der Waals surface area (Å²) in [5, 5.41) is 0.784. The number of aryl methyl sites for hydroxylation is 2. The third kappa shape index (κ3) is 3.23. The summed E-state index contributed by atoms with van der Waals surface area (Å²) >= 11 is 1.50. The van der Waals surface area contributed by atoms with E-state index in [-0.39, 0.29) is 5.56 Å². The van der Waals surface area contributed by atoms with Gasteiger partial charge in [0.2, 0.25) is 0 Å². The second kappa shape index (κ2) is 6.98. The number of fused-ring (bicyclic) bond motifs is 1. The first-order valence-corrected chi connectivity index (χ1v) is 8.56. The highest BCUT2D eigenvalue weighted by molar-refractivity contribution is 7.98. The largest absolute Gasteiger partial charge is 0.329 e. The number of H-pyrrole nitrogens is 1. The summed E-state index contributed by atoms with van der Waals surface area (Å²) in [4.78, 5) is 30.5. The van der Waals surface area contributed by atoms with Crippen LogP contribution in [-0.4, -0.2) is 25.4 Å². The van der Waals surface area contributed by atoms with Crippen molar-refractivity contribution in [2.45, 2.75) is 50.7 Å². The molecule has 0 aliphatic rings. The van der Waals surface area contributed by atoms with Gasteiger partial charge in [-0.15, -0.1) is 0 Å². The minimum absolute atomic E-state index is 0.352. The number of imidazole rings is 1. The van der Waals surface area contributed by atoms with Crippen molar-refractivity contribution in [2.75, 3.05) is 6.26 Å². The van der Waals surface area contributed by atoms with E-state index in [1.165, 1.54) is 35.6 Å². The summed E-state index contributed by atoms with van der Waals surface area (Å²) in [7, 11) is 1.63. The van der Waals surface area contributed by atoms with Gasteiger partial charge in [0, 0.05) is 13.6 Å². The maximum absolute atomic E-state index is 12.1. The molecule has 6 nitrogen and oxygen atoms in total. The summed E-state index contributed by atoms with van der Waals surface area (Å²) in [5.74, 6) is 0. The number of nitrogens with one attached hydrogen (secondary N) is 1. The van der Waals surface area contributed by atoms with Crippen LogP contribution >= 0.6 is 11.8 Å². The van der Waals surface area contributed by atoms with Crippen LogP contribution in [-0.2, 0) is 13.6 Å². The lowest BCUT2D eigenvalue weighted by Crippen LogP contribution is -2.29. The molecule has 0 aromatic carbocycles. The smallest absolute Gasteiger partial charge is 0.313 e. The number of aromatic nitrogens is 4. The Kier molecular flexibility index (Phi) is 5.27. The first kappa shape index (κ1) is 15.9. The van der Waals surface area contributed by atoms with E-state index >= 15 is 0 Å². The minimum Gasteiger partial charge on any atom is -0.313 e. The van der Waals surface area contributed by atoms with E-state index in [1.54, 1.807) is 7.05 Å². The minimum atomic E-state index is -0.423. The van der Waals surface area contributed by atoms with Crippen LogP contribution in [0.15, 0.2) is 14.7 Å². The Morgan fingerprint density at radius 3 is 2.57 bits per heavy atom. The van der Waals surface area contributed by atoms with Crippen LogP contribution in [0.3, 0.4) is 0 Å². The Morgan fingerprint density at radius 2 is 1.90 bits per heavy atom. The summed E-state index contributed by atoms with van der Waals surface area (Å²) in [6.45, 7) is 2.95. The zero-order valence-electron chi connectivity index (χ0n) is 12.8. The van der Waals surface area contributed by atoms with Crippen LogP contribution in [0.25, 0.3) is 11.2 Å². The lowest BCUT2D eigenvalue weighted by molar-refractivity contribution is 0.552. The van der Waals surface area contributed by atoms with Gasteiger partial charge in [0.25, 0.3) is 5.56 Å². The van der Waals surface area contributed by atoms with E-state index < -0.39 is 5.69 Å². The second-order valence-corrected chi connectivity index (χ2v) is 5.93. The van der Waals surface area contributed by atoms with E-state index in [4.69, 9.17) is 0 Å². The maximum Gasteiger partial charge on any atom is 0.329 e. The lowest BCUT2D eigenvalue weighted by Gasteiger charge is -2.07. The van der Waals surface area contributed by atoms with Gasteiger partial charge in [-0.3, -0.25) is 14.3 Å². The van der Waals surface area contributed by atoms with Crippen molar-refractivity contribution < 1.29 is 0 Å². The highest BCUT2D eigenvalue weighted by atomic mass is 32.2. The Morgan fingerprint density at radius 1 is 1.19 bits per heavy atom. The van der Waals surface area contributed by atoms with Gasteiger partial charge in [-0.05, 0) is 12.7 Å². The molecule has 0 saturated carbocycles. The number of unbranched alkanes of at least 4 members (excludes halogenated alkanes) is 4. The van der Waals surface area contributed by atoms with E-state index in [2.05, 4.69) is 16.9 Å². The average molecular weight is 310 g/mol. The molecule has 2 heterocycles. The third-order valence-corrected chi connectivity index (χ3v) is 4.32. The zero-order chi connectivity index (χ0) is 15.4. The van der Waals surface area contributed by atoms with Crippen LogP contribution in [0.2, 0.25) is 0 Å². The van der Waals surface area contributed by atoms with Gasteiger partial charge < -0.3 is 4.57 Å². The molecule has 0 atom stereocenters. The Hall–Kier alpha value is -1.50. The Labute approximate surface area is 127 Å². The van der Waals surface area contributed by atoms with Crippen molar-refractivity contribution in [2.24, 2.45) is 7.05 Å². The predicted molar refractivity (Wildman–Crippen MR) is 86.1 cm³/mol. The molecule has 2 rings (SSSR count). The van der Waals surface area contributed by atoms with E-state index in [1.807, 2.05) is 10.8 Å². The number of nitrogens with zero attached hydrogens (tertiary/aromatic N) is 3. The van der Waals surface area contributed by atoms with Crippen LogP contribution < -0.4 is 11.2 Å². The van der Waals surface area contributed by atoms with Gasteiger partial charge >= 0.3 is 5.69 Å². The fraction of sp³-hybridized carbons (Fsp3) is 0.643. The first-order valence-electron chi connectivity index (χ1n) is 7.33. The monoisotopic (exact) mass is 310 g/mol. The number of hydrogen-bond donors (Lipinski definition) is 1.